The molecule has 4 aromatic rings. The topological polar surface area (TPSA) is 60.1 Å². The van der Waals surface area contributed by atoms with Gasteiger partial charge in [0.25, 0.3) is 5.91 Å². The van der Waals surface area contributed by atoms with Crippen LogP contribution in [-0.4, -0.2) is 15.7 Å². The van der Waals surface area contributed by atoms with Crippen LogP contribution in [-0.2, 0) is 6.54 Å². The van der Waals surface area contributed by atoms with Gasteiger partial charge in [0.05, 0.1) is 17.0 Å². The molecule has 28 heavy (non-hydrogen) atoms. The number of nitrogens with one attached hydrogen (secondary N) is 1. The molecule has 0 radical (unpaired) electrons. The Morgan fingerprint density at radius 1 is 1.11 bits per heavy atom. The highest BCUT2D eigenvalue weighted by Gasteiger charge is 2.20. The minimum absolute atomic E-state index is 0.253. The molecular formula is C21H15ClFN3O2. The lowest BCUT2D eigenvalue weighted by Gasteiger charge is -2.09. The molecule has 0 saturated carbocycles. The van der Waals surface area contributed by atoms with Gasteiger partial charge in [-0.25, -0.2) is 9.07 Å². The third-order valence-electron chi connectivity index (χ3n) is 4.16. The van der Waals surface area contributed by atoms with Crippen molar-refractivity contribution in [3.05, 3.63) is 95.1 Å². The zero-order valence-corrected chi connectivity index (χ0v) is 15.4. The Kier molecular flexibility index (Phi) is 4.95. The number of para-hydroxylation sites is 1. The van der Waals surface area contributed by atoms with E-state index in [1.807, 2.05) is 6.07 Å². The van der Waals surface area contributed by atoms with Gasteiger partial charge in [-0.05, 0) is 42.0 Å². The number of hydrogen-bond acceptors (Lipinski definition) is 3. The lowest BCUT2D eigenvalue weighted by Crippen LogP contribution is -2.25. The fourth-order valence-corrected chi connectivity index (χ4v) is 2.99. The Hall–Kier alpha value is -3.38. The van der Waals surface area contributed by atoms with E-state index in [0.29, 0.717) is 27.9 Å². The van der Waals surface area contributed by atoms with Gasteiger partial charge in [-0.1, -0.05) is 35.9 Å². The Labute approximate surface area is 165 Å². The fourth-order valence-electron chi connectivity index (χ4n) is 2.77. The van der Waals surface area contributed by atoms with Crippen molar-refractivity contribution >= 4 is 17.5 Å². The van der Waals surface area contributed by atoms with Crippen LogP contribution in [0.5, 0.6) is 0 Å². The molecule has 4 rings (SSSR count). The smallest absolute Gasteiger partial charge is 0.270 e. The predicted octanol–water partition coefficient (Wildman–Crippen LogP) is 4.85. The number of amides is 1. The molecule has 0 fully saturated rings. The van der Waals surface area contributed by atoms with Crippen LogP contribution in [0, 0.1) is 5.82 Å². The molecule has 1 N–H and O–H groups in total. The Morgan fingerprint density at radius 2 is 1.89 bits per heavy atom. The second kappa shape index (κ2) is 7.70. The molecule has 0 aliphatic rings. The van der Waals surface area contributed by atoms with Crippen LogP contribution in [0.15, 0.2) is 77.4 Å². The molecule has 1 amide bonds. The molecule has 0 saturated heterocycles. The van der Waals surface area contributed by atoms with E-state index in [1.54, 1.807) is 48.5 Å². The maximum Gasteiger partial charge on any atom is 0.270 e. The summed E-state index contributed by atoms with van der Waals surface area (Å²) < 4.78 is 19.9. The summed E-state index contributed by atoms with van der Waals surface area (Å²) in [5.41, 5.74) is 2.18. The van der Waals surface area contributed by atoms with Gasteiger partial charge in [0.1, 0.15) is 17.2 Å². The van der Waals surface area contributed by atoms with E-state index in [9.17, 15) is 9.18 Å². The van der Waals surface area contributed by atoms with Gasteiger partial charge in [0, 0.05) is 12.6 Å². The van der Waals surface area contributed by atoms with Crippen molar-refractivity contribution in [3.63, 3.8) is 0 Å². The first kappa shape index (κ1) is 18.0. The molecule has 140 valence electrons. The zero-order valence-electron chi connectivity index (χ0n) is 14.6. The first-order chi connectivity index (χ1) is 13.6. The van der Waals surface area contributed by atoms with E-state index >= 15 is 0 Å². The van der Waals surface area contributed by atoms with Gasteiger partial charge in [-0.2, -0.15) is 5.10 Å². The number of nitrogens with zero attached hydrogens (tertiary/aromatic N) is 2. The van der Waals surface area contributed by atoms with E-state index in [2.05, 4.69) is 10.4 Å². The standard InChI is InChI=1S/C21H15ClFN3O2/c22-16-4-1-2-5-18(16)26-19(12-17(25-26)20-6-3-11-28-20)21(27)24-13-14-7-9-15(23)10-8-14/h1-12H,13H2,(H,24,27). The summed E-state index contributed by atoms with van der Waals surface area (Å²) in [5.74, 6) is -0.122. The zero-order chi connectivity index (χ0) is 19.5. The normalized spacial score (nSPS) is 10.8. The summed E-state index contributed by atoms with van der Waals surface area (Å²) in [6.07, 6.45) is 1.54. The molecule has 5 nitrogen and oxygen atoms in total. The predicted molar refractivity (Wildman–Crippen MR) is 104 cm³/mol. The van der Waals surface area contributed by atoms with Gasteiger partial charge in [-0.3, -0.25) is 4.79 Å². The molecule has 2 heterocycles. The monoisotopic (exact) mass is 395 g/mol. The van der Waals surface area contributed by atoms with Gasteiger partial charge in [-0.15, -0.1) is 0 Å². The minimum atomic E-state index is -0.338. The lowest BCUT2D eigenvalue weighted by atomic mass is 10.2. The molecule has 0 aliphatic heterocycles. The SMILES string of the molecule is O=C(NCc1ccc(F)cc1)c1cc(-c2ccco2)nn1-c1ccccc1Cl. The number of benzene rings is 2. The number of carbonyl (C=O) groups is 1. The quantitative estimate of drug-likeness (QED) is 0.525. The summed E-state index contributed by atoms with van der Waals surface area (Å²) >= 11 is 6.31. The average Bonchev–Trinajstić information content (AvgIpc) is 3.37. The van der Waals surface area contributed by atoms with Crippen molar-refractivity contribution < 1.29 is 13.6 Å². The summed E-state index contributed by atoms with van der Waals surface area (Å²) in [4.78, 5) is 12.9. The van der Waals surface area contributed by atoms with Crippen LogP contribution < -0.4 is 5.32 Å². The highest BCUT2D eigenvalue weighted by atomic mass is 35.5. The highest BCUT2D eigenvalue weighted by molar-refractivity contribution is 6.32. The number of furan rings is 1. The first-order valence-electron chi connectivity index (χ1n) is 8.53. The Morgan fingerprint density at radius 3 is 2.61 bits per heavy atom. The highest BCUT2D eigenvalue weighted by Crippen LogP contribution is 2.26. The van der Waals surface area contributed by atoms with Crippen LogP contribution in [0.1, 0.15) is 16.1 Å². The third-order valence-corrected chi connectivity index (χ3v) is 4.48. The van der Waals surface area contributed by atoms with E-state index < -0.39 is 0 Å². The van der Waals surface area contributed by atoms with Crippen LogP contribution in [0.25, 0.3) is 17.1 Å². The van der Waals surface area contributed by atoms with Crippen molar-refractivity contribution in [2.75, 3.05) is 0 Å². The number of aromatic nitrogens is 2. The molecule has 0 unspecified atom stereocenters. The maximum atomic E-state index is 13.0. The molecule has 0 spiro atoms. The van der Waals surface area contributed by atoms with E-state index in [4.69, 9.17) is 16.0 Å². The minimum Gasteiger partial charge on any atom is -0.463 e. The van der Waals surface area contributed by atoms with E-state index in [0.717, 1.165) is 5.56 Å². The van der Waals surface area contributed by atoms with Crippen LogP contribution in [0.2, 0.25) is 5.02 Å². The Balaban J connectivity index is 1.67. The van der Waals surface area contributed by atoms with Gasteiger partial charge in [0.2, 0.25) is 0 Å². The largest absolute Gasteiger partial charge is 0.463 e. The molecule has 2 aromatic carbocycles. The number of halogens is 2. The molecule has 0 atom stereocenters. The molecule has 0 aliphatic carbocycles. The maximum absolute atomic E-state index is 13.0. The summed E-state index contributed by atoms with van der Waals surface area (Å²) in [5, 5.41) is 7.79. The van der Waals surface area contributed by atoms with E-state index in [-0.39, 0.29) is 18.3 Å². The van der Waals surface area contributed by atoms with Crippen molar-refractivity contribution in [2.45, 2.75) is 6.54 Å². The summed E-state index contributed by atoms with van der Waals surface area (Å²) in [6, 6.07) is 18.2. The molecule has 2 aromatic heterocycles. The first-order valence-corrected chi connectivity index (χ1v) is 8.91. The van der Waals surface area contributed by atoms with Crippen LogP contribution in [0.3, 0.4) is 0 Å². The number of rotatable bonds is 5. The average molecular weight is 396 g/mol. The summed E-state index contributed by atoms with van der Waals surface area (Å²) in [6.45, 7) is 0.253. The lowest BCUT2D eigenvalue weighted by molar-refractivity contribution is 0.0943. The van der Waals surface area contributed by atoms with Crippen molar-refractivity contribution in [1.82, 2.24) is 15.1 Å². The van der Waals surface area contributed by atoms with Crippen LogP contribution in [0.4, 0.5) is 4.39 Å². The van der Waals surface area contributed by atoms with Crippen molar-refractivity contribution in [1.29, 1.82) is 0 Å². The Bertz CT molecular complexity index is 1110. The fraction of sp³-hybridized carbons (Fsp3) is 0.0476. The van der Waals surface area contributed by atoms with Gasteiger partial charge < -0.3 is 9.73 Å². The third kappa shape index (κ3) is 3.68. The molecule has 0 bridgehead atoms. The second-order valence-electron chi connectivity index (χ2n) is 6.06. The number of carbonyl (C=O) groups excluding carboxylic acids is 1. The van der Waals surface area contributed by atoms with Crippen molar-refractivity contribution in [3.8, 4) is 17.1 Å². The number of hydrogen-bond donors (Lipinski definition) is 1. The van der Waals surface area contributed by atoms with Crippen LogP contribution >= 0.6 is 11.6 Å². The van der Waals surface area contributed by atoms with Gasteiger partial charge >= 0.3 is 0 Å². The van der Waals surface area contributed by atoms with Gasteiger partial charge in [0.15, 0.2) is 5.76 Å². The van der Waals surface area contributed by atoms with Crippen molar-refractivity contribution in [2.24, 2.45) is 0 Å². The second-order valence-corrected chi connectivity index (χ2v) is 6.47. The molecular weight excluding hydrogens is 381 g/mol. The molecule has 7 heteroatoms. The van der Waals surface area contributed by atoms with E-state index in [1.165, 1.54) is 23.1 Å². The summed E-state index contributed by atoms with van der Waals surface area (Å²) in [7, 11) is 0.